The summed E-state index contributed by atoms with van der Waals surface area (Å²) in [5.41, 5.74) is 0. The Bertz CT molecular complexity index is 347. The van der Waals surface area contributed by atoms with Gasteiger partial charge in [0.1, 0.15) is 6.54 Å². The van der Waals surface area contributed by atoms with E-state index in [0.717, 1.165) is 12.8 Å². The van der Waals surface area contributed by atoms with Crippen LogP contribution < -0.4 is 0 Å². The van der Waals surface area contributed by atoms with Crippen molar-refractivity contribution in [3.63, 3.8) is 0 Å². The third-order valence-electron chi connectivity index (χ3n) is 4.61. The second kappa shape index (κ2) is 18.5. The molecule has 0 saturated carbocycles. The Morgan fingerprint density at radius 1 is 0.731 bits per heavy atom. The van der Waals surface area contributed by atoms with Crippen molar-refractivity contribution in [2.75, 3.05) is 27.3 Å². The molecule has 0 rings (SSSR count). The Kier molecular flexibility index (Phi) is 17.6. The third kappa shape index (κ3) is 16.2. The van der Waals surface area contributed by atoms with Gasteiger partial charge in [0.15, 0.2) is 0 Å². The molecule has 26 heavy (non-hydrogen) atoms. The van der Waals surface area contributed by atoms with Crippen molar-refractivity contribution in [3.05, 3.63) is 0 Å². The summed E-state index contributed by atoms with van der Waals surface area (Å²) in [5, 5.41) is 0. The minimum Gasteiger partial charge on any atom is -0.464 e. The summed E-state index contributed by atoms with van der Waals surface area (Å²) >= 11 is 0. The molecule has 0 aliphatic carbocycles. The SMILES string of the molecule is CCCCCCCCCCCCCCCCOC(=O)CN(C)C(=O)OC. The van der Waals surface area contributed by atoms with Crippen molar-refractivity contribution in [2.45, 2.75) is 96.8 Å². The summed E-state index contributed by atoms with van der Waals surface area (Å²) < 4.78 is 9.65. The van der Waals surface area contributed by atoms with Crippen LogP contribution in [0.3, 0.4) is 0 Å². The van der Waals surface area contributed by atoms with Crippen LogP contribution in [-0.4, -0.2) is 44.3 Å². The highest BCUT2D eigenvalue weighted by molar-refractivity contribution is 5.77. The smallest absolute Gasteiger partial charge is 0.409 e. The van der Waals surface area contributed by atoms with Gasteiger partial charge in [-0.25, -0.2) is 4.79 Å². The summed E-state index contributed by atoms with van der Waals surface area (Å²) in [7, 11) is 2.80. The van der Waals surface area contributed by atoms with E-state index >= 15 is 0 Å². The van der Waals surface area contributed by atoms with Gasteiger partial charge in [-0.15, -0.1) is 0 Å². The zero-order valence-corrected chi connectivity index (χ0v) is 17.4. The van der Waals surface area contributed by atoms with E-state index in [1.54, 1.807) is 0 Å². The summed E-state index contributed by atoms with van der Waals surface area (Å²) in [6.07, 6.45) is 17.7. The van der Waals surface area contributed by atoms with Gasteiger partial charge >= 0.3 is 12.1 Å². The molecule has 0 N–H and O–H groups in total. The normalized spacial score (nSPS) is 10.6. The van der Waals surface area contributed by atoms with Gasteiger partial charge in [0.25, 0.3) is 0 Å². The second-order valence-corrected chi connectivity index (χ2v) is 7.14. The van der Waals surface area contributed by atoms with E-state index < -0.39 is 6.09 Å². The Hall–Kier alpha value is -1.26. The maximum absolute atomic E-state index is 11.5. The van der Waals surface area contributed by atoms with Gasteiger partial charge in [0.05, 0.1) is 13.7 Å². The minimum atomic E-state index is -0.529. The number of methoxy groups -OCH3 is 1. The first-order valence-electron chi connectivity index (χ1n) is 10.6. The molecule has 0 aliphatic rings. The van der Waals surface area contributed by atoms with Crippen molar-refractivity contribution >= 4 is 12.1 Å². The number of carbonyl (C=O) groups is 2. The number of likely N-dealkylation sites (N-methyl/N-ethyl adjacent to an activating group) is 1. The summed E-state index contributed by atoms with van der Waals surface area (Å²) in [5.74, 6) is -0.382. The highest BCUT2D eigenvalue weighted by Gasteiger charge is 2.13. The molecule has 0 bridgehead atoms. The molecule has 0 radical (unpaired) electrons. The number of rotatable bonds is 17. The molecule has 0 aromatic rings. The standard InChI is InChI=1S/C21H41NO4/c1-4-5-6-7-8-9-10-11-12-13-14-15-16-17-18-26-20(23)19-22(2)21(24)25-3/h4-19H2,1-3H3. The van der Waals surface area contributed by atoms with Crippen LogP contribution in [0.1, 0.15) is 96.8 Å². The zero-order chi connectivity index (χ0) is 19.5. The van der Waals surface area contributed by atoms with Crippen LogP contribution in [0.15, 0.2) is 0 Å². The maximum Gasteiger partial charge on any atom is 0.409 e. The lowest BCUT2D eigenvalue weighted by Crippen LogP contribution is -2.32. The van der Waals surface area contributed by atoms with Gasteiger partial charge in [-0.3, -0.25) is 4.79 Å². The molecule has 0 aromatic carbocycles. The quantitative estimate of drug-likeness (QED) is 0.243. The fraction of sp³-hybridized carbons (Fsp3) is 0.905. The number of esters is 1. The molecule has 5 nitrogen and oxygen atoms in total. The van der Waals surface area contributed by atoms with Crippen LogP contribution in [0.4, 0.5) is 4.79 Å². The number of amides is 1. The highest BCUT2D eigenvalue weighted by atomic mass is 16.5. The number of hydrogen-bond donors (Lipinski definition) is 0. The summed E-state index contributed by atoms with van der Waals surface area (Å²) in [6, 6.07) is 0. The van der Waals surface area contributed by atoms with E-state index in [9.17, 15) is 9.59 Å². The van der Waals surface area contributed by atoms with Crippen molar-refractivity contribution in [1.82, 2.24) is 4.90 Å². The van der Waals surface area contributed by atoms with E-state index in [1.807, 2.05) is 0 Å². The zero-order valence-electron chi connectivity index (χ0n) is 17.4. The van der Waals surface area contributed by atoms with Crippen molar-refractivity contribution < 1.29 is 19.1 Å². The van der Waals surface area contributed by atoms with E-state index in [0.29, 0.717) is 6.61 Å². The van der Waals surface area contributed by atoms with Gasteiger partial charge in [-0.2, -0.15) is 0 Å². The Morgan fingerprint density at radius 3 is 1.58 bits per heavy atom. The fourth-order valence-corrected chi connectivity index (χ4v) is 2.94. The molecular weight excluding hydrogens is 330 g/mol. The van der Waals surface area contributed by atoms with Crippen molar-refractivity contribution in [1.29, 1.82) is 0 Å². The van der Waals surface area contributed by atoms with Crippen LogP contribution in [0, 0.1) is 0 Å². The van der Waals surface area contributed by atoms with Crippen LogP contribution >= 0.6 is 0 Å². The van der Waals surface area contributed by atoms with Crippen molar-refractivity contribution in [2.24, 2.45) is 0 Å². The Balaban J connectivity index is 3.24. The van der Waals surface area contributed by atoms with Gasteiger partial charge in [0.2, 0.25) is 0 Å². The molecule has 0 spiro atoms. The maximum atomic E-state index is 11.5. The molecule has 5 heteroatoms. The van der Waals surface area contributed by atoms with E-state index in [1.165, 1.54) is 96.1 Å². The minimum absolute atomic E-state index is 0.0642. The monoisotopic (exact) mass is 371 g/mol. The molecule has 0 unspecified atom stereocenters. The molecule has 0 saturated heterocycles. The molecule has 0 aromatic heterocycles. The molecule has 0 aliphatic heterocycles. The van der Waals surface area contributed by atoms with Gasteiger partial charge in [-0.05, 0) is 6.42 Å². The second-order valence-electron chi connectivity index (χ2n) is 7.14. The Labute approximate surface area is 160 Å². The molecule has 0 fully saturated rings. The molecule has 0 atom stereocenters. The fourth-order valence-electron chi connectivity index (χ4n) is 2.94. The number of nitrogens with zero attached hydrogens (tertiary/aromatic N) is 1. The lowest BCUT2D eigenvalue weighted by atomic mass is 10.0. The summed E-state index contributed by atoms with van der Waals surface area (Å²) in [6.45, 7) is 2.64. The molecule has 154 valence electrons. The average Bonchev–Trinajstić information content (AvgIpc) is 2.64. The summed E-state index contributed by atoms with van der Waals surface area (Å²) in [4.78, 5) is 23.9. The molecule has 1 amide bonds. The van der Waals surface area contributed by atoms with E-state index in [2.05, 4.69) is 11.7 Å². The first kappa shape index (κ1) is 24.7. The number of unbranched alkanes of at least 4 members (excludes halogenated alkanes) is 13. The highest BCUT2D eigenvalue weighted by Crippen LogP contribution is 2.12. The van der Waals surface area contributed by atoms with Crippen LogP contribution in [0.25, 0.3) is 0 Å². The number of carbonyl (C=O) groups excluding carboxylic acids is 2. The van der Waals surface area contributed by atoms with E-state index in [-0.39, 0.29) is 12.5 Å². The lowest BCUT2D eigenvalue weighted by Gasteiger charge is -2.14. The molecular formula is C21H41NO4. The lowest BCUT2D eigenvalue weighted by molar-refractivity contribution is -0.144. The topological polar surface area (TPSA) is 55.8 Å². The van der Waals surface area contributed by atoms with Gasteiger partial charge < -0.3 is 14.4 Å². The van der Waals surface area contributed by atoms with Crippen LogP contribution in [0.5, 0.6) is 0 Å². The first-order chi connectivity index (χ1) is 12.6. The predicted molar refractivity (Wildman–Crippen MR) is 106 cm³/mol. The van der Waals surface area contributed by atoms with E-state index in [4.69, 9.17) is 4.74 Å². The average molecular weight is 372 g/mol. The molecule has 0 heterocycles. The predicted octanol–water partition coefficient (Wildman–Crippen LogP) is 5.71. The first-order valence-corrected chi connectivity index (χ1v) is 10.6. The van der Waals surface area contributed by atoms with Crippen LogP contribution in [0.2, 0.25) is 0 Å². The third-order valence-corrected chi connectivity index (χ3v) is 4.61. The van der Waals surface area contributed by atoms with Gasteiger partial charge in [0, 0.05) is 7.05 Å². The van der Waals surface area contributed by atoms with Crippen LogP contribution in [-0.2, 0) is 14.3 Å². The number of hydrogen-bond acceptors (Lipinski definition) is 4. The Morgan fingerprint density at radius 2 is 1.15 bits per heavy atom. The van der Waals surface area contributed by atoms with Gasteiger partial charge in [-0.1, -0.05) is 90.4 Å². The van der Waals surface area contributed by atoms with Crippen molar-refractivity contribution in [3.8, 4) is 0 Å². The largest absolute Gasteiger partial charge is 0.464 e. The number of ether oxygens (including phenoxy) is 2.